The number of aliphatic hydroxyl groups excluding tert-OH is 2. The highest BCUT2D eigenvalue weighted by Gasteiger charge is 2.56. The van der Waals surface area contributed by atoms with Crippen LogP contribution in [-0.2, 0) is 45.2 Å². The van der Waals surface area contributed by atoms with Crippen molar-refractivity contribution in [1.29, 1.82) is 0 Å². The Morgan fingerprint density at radius 3 is 2.34 bits per heavy atom. The van der Waals surface area contributed by atoms with Gasteiger partial charge in [0.1, 0.15) is 35.9 Å². The third kappa shape index (κ3) is 11.3. The maximum absolute atomic E-state index is 14.5. The molecule has 1 aliphatic carbocycles. The number of hydrogen-bond donors (Lipinski definition) is 3. The van der Waals surface area contributed by atoms with Crippen molar-refractivity contribution in [3.8, 4) is 5.75 Å². The van der Waals surface area contributed by atoms with Gasteiger partial charge in [0.2, 0.25) is 5.79 Å². The van der Waals surface area contributed by atoms with Crippen LogP contribution in [-0.4, -0.2) is 124 Å². The highest BCUT2D eigenvalue weighted by Crippen LogP contribution is 2.39. The quantitative estimate of drug-likeness (QED) is 0.158. The number of hydrogen-bond acceptors (Lipinski definition) is 12. The SMILES string of the molecule is CCC1/C=C(\C)C(O)C(C)CC(OC)C2OC(O)(C(=O)C(=O)N3CCCCC3C(=O)OC(C(C)=CC3CCC(Oc4ccc5c(ccn5C)c4)C(O)C3)C(C)CCC1=O)C(C)CC2OC. The molecule has 14 atom stereocenters. The number of aryl methyl sites for hydroxylation is 1. The van der Waals surface area contributed by atoms with Crippen molar-refractivity contribution in [2.45, 2.75) is 167 Å². The van der Waals surface area contributed by atoms with E-state index in [1.165, 1.54) is 19.1 Å². The van der Waals surface area contributed by atoms with Gasteiger partial charge in [-0.3, -0.25) is 14.4 Å². The van der Waals surface area contributed by atoms with E-state index in [1.807, 2.05) is 75.8 Å². The smallest absolute Gasteiger partial charge is 0.329 e. The summed E-state index contributed by atoms with van der Waals surface area (Å²) in [6.45, 7) is 11.2. The molecule has 0 radical (unpaired) electrons. The number of aromatic nitrogens is 1. The second kappa shape index (κ2) is 21.8. The minimum atomic E-state index is -2.55. The van der Waals surface area contributed by atoms with Crippen molar-refractivity contribution in [3.05, 3.63) is 53.8 Å². The second-order valence-electron chi connectivity index (χ2n) is 19.6. The summed E-state index contributed by atoms with van der Waals surface area (Å²) < 4.78 is 32.7. The first-order chi connectivity index (χ1) is 30.9. The van der Waals surface area contributed by atoms with Crippen LogP contribution in [0.1, 0.15) is 112 Å². The monoisotopic (exact) mass is 907 g/mol. The Hall–Kier alpha value is -3.92. The molecule has 65 heavy (non-hydrogen) atoms. The number of piperidine rings is 1. The van der Waals surface area contributed by atoms with Gasteiger partial charge in [0, 0.05) is 63.2 Å². The lowest BCUT2D eigenvalue weighted by atomic mass is 9.81. The molecule has 2 aromatic rings. The number of rotatable bonds is 7. The Bertz CT molecular complexity index is 2060. The van der Waals surface area contributed by atoms with Crippen molar-refractivity contribution in [2.24, 2.45) is 36.6 Å². The second-order valence-corrected chi connectivity index (χ2v) is 19.6. The van der Waals surface area contributed by atoms with E-state index in [0.29, 0.717) is 49.8 Å². The Morgan fingerprint density at radius 1 is 0.923 bits per heavy atom. The van der Waals surface area contributed by atoms with E-state index in [4.69, 9.17) is 23.7 Å². The van der Waals surface area contributed by atoms with Crippen LogP contribution in [0.2, 0.25) is 0 Å². The number of carbonyl (C=O) groups excluding carboxylic acids is 4. The number of allylic oxidation sites excluding steroid dienone is 2. The topological polar surface area (TPSA) is 183 Å². The van der Waals surface area contributed by atoms with Gasteiger partial charge >= 0.3 is 5.97 Å². The summed E-state index contributed by atoms with van der Waals surface area (Å²) in [6.07, 6.45) is 5.38. The third-order valence-electron chi connectivity index (χ3n) is 14.9. The number of benzene rings is 1. The number of fused-ring (bicyclic) bond motifs is 4. The number of ketones is 2. The number of carbonyl (C=O) groups is 4. The Balaban J connectivity index is 1.28. The van der Waals surface area contributed by atoms with E-state index >= 15 is 0 Å². The molecular weight excluding hydrogens is 833 g/mol. The molecule has 0 spiro atoms. The van der Waals surface area contributed by atoms with Crippen molar-refractivity contribution in [1.82, 2.24) is 9.47 Å². The van der Waals surface area contributed by atoms with Crippen molar-refractivity contribution in [2.75, 3.05) is 20.8 Å². The van der Waals surface area contributed by atoms with E-state index in [-0.39, 0.29) is 49.8 Å². The van der Waals surface area contributed by atoms with Gasteiger partial charge in [0.15, 0.2) is 0 Å². The first kappa shape index (κ1) is 50.5. The number of methoxy groups -OCH3 is 2. The van der Waals surface area contributed by atoms with Crippen LogP contribution < -0.4 is 4.74 Å². The predicted octanol–water partition coefficient (Wildman–Crippen LogP) is 6.40. The van der Waals surface area contributed by atoms with Gasteiger partial charge < -0.3 is 48.5 Å². The minimum Gasteiger partial charge on any atom is -0.488 e. The molecule has 14 heteroatoms. The zero-order valence-electron chi connectivity index (χ0n) is 39.9. The van der Waals surface area contributed by atoms with Crippen LogP contribution in [0.3, 0.4) is 0 Å². The molecule has 1 aromatic carbocycles. The van der Waals surface area contributed by atoms with Crippen LogP contribution >= 0.6 is 0 Å². The molecular formula is C51H74N2O12. The Labute approximate surface area is 384 Å². The molecule has 4 heterocycles. The van der Waals surface area contributed by atoms with Crippen molar-refractivity contribution in [3.63, 3.8) is 0 Å². The number of aliphatic hydroxyl groups is 3. The summed E-state index contributed by atoms with van der Waals surface area (Å²) in [6, 6.07) is 6.85. The van der Waals surface area contributed by atoms with Gasteiger partial charge in [-0.1, -0.05) is 39.8 Å². The molecule has 2 bridgehead atoms. The molecule has 1 saturated carbocycles. The molecule has 14 unspecified atom stereocenters. The van der Waals surface area contributed by atoms with Crippen LogP contribution in [0.5, 0.6) is 5.75 Å². The van der Waals surface area contributed by atoms with Crippen molar-refractivity contribution >= 4 is 34.3 Å². The zero-order valence-corrected chi connectivity index (χ0v) is 39.9. The lowest BCUT2D eigenvalue weighted by Gasteiger charge is -2.47. The highest BCUT2D eigenvalue weighted by molar-refractivity contribution is 6.39. The molecule has 6 rings (SSSR count). The van der Waals surface area contributed by atoms with Gasteiger partial charge in [-0.25, -0.2) is 4.79 Å². The van der Waals surface area contributed by atoms with Gasteiger partial charge in [0.05, 0.1) is 24.4 Å². The number of esters is 1. The van der Waals surface area contributed by atoms with Gasteiger partial charge in [-0.15, -0.1) is 0 Å². The summed E-state index contributed by atoms with van der Waals surface area (Å²) in [5, 5.41) is 36.1. The normalized spacial score (nSPS) is 37.5. The lowest BCUT2D eigenvalue weighted by molar-refractivity contribution is -0.302. The van der Waals surface area contributed by atoms with Crippen LogP contribution in [0.15, 0.2) is 53.8 Å². The average Bonchev–Trinajstić information content (AvgIpc) is 3.67. The molecule has 1 amide bonds. The van der Waals surface area contributed by atoms with Crippen molar-refractivity contribution < 1.29 is 58.2 Å². The first-order valence-corrected chi connectivity index (χ1v) is 23.9. The molecule has 1 aromatic heterocycles. The fourth-order valence-electron chi connectivity index (χ4n) is 10.7. The number of Topliss-reactive ketones (excluding diaryl/α,β-unsaturated/α-hetero) is 2. The number of nitrogens with zero attached hydrogens (tertiary/aromatic N) is 2. The lowest BCUT2D eigenvalue weighted by Crippen LogP contribution is -2.64. The molecule has 2 saturated heterocycles. The maximum Gasteiger partial charge on any atom is 0.329 e. The number of ether oxygens (including phenoxy) is 5. The fourth-order valence-corrected chi connectivity index (χ4v) is 10.7. The van der Waals surface area contributed by atoms with E-state index in [9.17, 15) is 34.5 Å². The van der Waals surface area contributed by atoms with Crippen LogP contribution in [0.4, 0.5) is 0 Å². The van der Waals surface area contributed by atoms with Crippen LogP contribution in [0, 0.1) is 29.6 Å². The molecule has 14 nitrogen and oxygen atoms in total. The Morgan fingerprint density at radius 2 is 1.65 bits per heavy atom. The maximum atomic E-state index is 14.5. The van der Waals surface area contributed by atoms with Gasteiger partial charge in [-0.2, -0.15) is 0 Å². The van der Waals surface area contributed by atoms with Gasteiger partial charge in [0.25, 0.3) is 11.7 Å². The fraction of sp³-hybridized carbons (Fsp3) is 0.686. The third-order valence-corrected chi connectivity index (χ3v) is 14.9. The van der Waals surface area contributed by atoms with E-state index in [2.05, 4.69) is 6.08 Å². The average molecular weight is 907 g/mol. The van der Waals surface area contributed by atoms with Crippen LogP contribution in [0.25, 0.3) is 10.9 Å². The number of amides is 1. The minimum absolute atomic E-state index is 0.00768. The molecule has 360 valence electrons. The van der Waals surface area contributed by atoms with E-state index in [0.717, 1.165) is 22.9 Å². The van der Waals surface area contributed by atoms with E-state index < -0.39 is 90.0 Å². The number of cyclic esters (lactones) is 1. The summed E-state index contributed by atoms with van der Waals surface area (Å²) >= 11 is 0. The zero-order chi connectivity index (χ0) is 47.3. The molecule has 4 aliphatic rings. The Kier molecular flexibility index (Phi) is 16.9. The predicted molar refractivity (Wildman–Crippen MR) is 245 cm³/mol. The summed E-state index contributed by atoms with van der Waals surface area (Å²) in [5.41, 5.74) is 2.48. The van der Waals surface area contributed by atoms with E-state index in [1.54, 1.807) is 13.8 Å². The standard InChI is InChI=1S/C51H74N2O12/c1-10-35-24-30(3)45(56)31(4)25-43(61-8)47-44(62-9)26-33(6)51(60,65-47)48(57)49(58)53-21-12-11-13-39(53)50(59)64-46(29(2)14-18-40(35)54)32(5)23-34-15-19-42(41(55)27-34)63-37-16-17-38-36(28-37)20-22-52(38)7/h16-17,20,22-24,28-29,31,33-35,39,41-47,55-56,60H,10-15,18-19,21,25-27H2,1-9H3/b30-24+,32-23?. The largest absolute Gasteiger partial charge is 0.488 e. The molecule has 3 fully saturated rings. The first-order valence-electron chi connectivity index (χ1n) is 23.9. The summed E-state index contributed by atoms with van der Waals surface area (Å²) in [4.78, 5) is 58.3. The molecule has 3 N–H and O–H groups in total. The molecule has 3 aliphatic heterocycles. The summed E-state index contributed by atoms with van der Waals surface area (Å²) in [7, 11) is 4.97. The summed E-state index contributed by atoms with van der Waals surface area (Å²) in [5.74, 6) is -6.82. The highest BCUT2D eigenvalue weighted by atomic mass is 16.7. The van der Waals surface area contributed by atoms with Gasteiger partial charge in [-0.05, 0) is 131 Å².